The predicted octanol–water partition coefficient (Wildman–Crippen LogP) is 3.55. The van der Waals surface area contributed by atoms with Gasteiger partial charge in [-0.15, -0.1) is 22.7 Å². The van der Waals surface area contributed by atoms with Crippen LogP contribution in [0.15, 0.2) is 47.3 Å². The van der Waals surface area contributed by atoms with Gasteiger partial charge in [-0.25, -0.2) is 4.98 Å². The molecule has 0 N–H and O–H groups in total. The maximum Gasteiger partial charge on any atom is 0.257 e. The Kier molecular flexibility index (Phi) is 2.76. The number of benzene rings is 1. The lowest BCUT2D eigenvalue weighted by molar-refractivity contribution is -0.111. The Morgan fingerprint density at radius 3 is 2.92 bits per heavy atom. The molecule has 4 nitrogen and oxygen atoms in total. The number of anilines is 1. The van der Waals surface area contributed by atoms with Crippen molar-refractivity contribution < 1.29 is 4.79 Å². The SMILES string of the molecule is N#Cc1ccc2c(c1)[C@H](c1cccs1)[C@@]1(C2)C(=O)N1c1nccs1. The minimum Gasteiger partial charge on any atom is -0.272 e. The number of nitriles is 1. The number of thiophene rings is 1. The summed E-state index contributed by atoms with van der Waals surface area (Å²) in [6, 6.07) is 12.1. The normalized spacial score (nSPS) is 24.2. The van der Waals surface area contributed by atoms with Gasteiger partial charge in [0, 0.05) is 22.9 Å². The zero-order valence-electron chi connectivity index (χ0n) is 12.5. The summed E-state index contributed by atoms with van der Waals surface area (Å²) in [5.41, 5.74) is 2.32. The fourth-order valence-corrected chi connectivity index (χ4v) is 5.50. The molecule has 2 atom stereocenters. The summed E-state index contributed by atoms with van der Waals surface area (Å²) >= 11 is 3.15. The van der Waals surface area contributed by atoms with Crippen LogP contribution in [0.25, 0.3) is 0 Å². The van der Waals surface area contributed by atoms with E-state index in [1.54, 1.807) is 17.5 Å². The Bertz CT molecular complexity index is 988. The average molecular weight is 349 g/mol. The van der Waals surface area contributed by atoms with E-state index in [0.717, 1.165) is 21.1 Å². The third-order valence-corrected chi connectivity index (χ3v) is 6.58. The first kappa shape index (κ1) is 13.9. The van der Waals surface area contributed by atoms with E-state index in [9.17, 15) is 10.1 Å². The number of amides is 1. The van der Waals surface area contributed by atoms with Crippen molar-refractivity contribution in [2.24, 2.45) is 0 Å². The van der Waals surface area contributed by atoms with E-state index in [-0.39, 0.29) is 11.8 Å². The topological polar surface area (TPSA) is 56.8 Å². The fourth-order valence-electron chi connectivity index (χ4n) is 3.85. The lowest BCUT2D eigenvalue weighted by Crippen LogP contribution is -2.25. The van der Waals surface area contributed by atoms with Gasteiger partial charge in [-0.3, -0.25) is 9.69 Å². The Labute approximate surface area is 146 Å². The molecule has 6 heteroatoms. The lowest BCUT2D eigenvalue weighted by atomic mass is 9.90. The van der Waals surface area contributed by atoms with Gasteiger partial charge in [0.05, 0.1) is 17.6 Å². The first-order chi connectivity index (χ1) is 11.8. The van der Waals surface area contributed by atoms with E-state index in [1.165, 1.54) is 11.3 Å². The standard InChI is InChI=1S/C18H11N3OS2/c19-10-11-3-4-12-9-18(16(22)21(18)17-20-5-7-24-17)15(13(12)8-11)14-2-1-6-23-14/h1-8,15H,9H2/t15-,18+,21?/m1/s1. The molecule has 3 heterocycles. The molecule has 0 saturated carbocycles. The lowest BCUT2D eigenvalue weighted by Gasteiger charge is -2.17. The molecule has 1 saturated heterocycles. The van der Waals surface area contributed by atoms with Gasteiger partial charge in [-0.05, 0) is 34.7 Å². The minimum absolute atomic E-state index is 0.0304. The van der Waals surface area contributed by atoms with Gasteiger partial charge >= 0.3 is 0 Å². The number of carbonyl (C=O) groups is 1. The van der Waals surface area contributed by atoms with Gasteiger partial charge in [0.1, 0.15) is 5.54 Å². The van der Waals surface area contributed by atoms with Crippen LogP contribution in [0.1, 0.15) is 27.5 Å². The van der Waals surface area contributed by atoms with Crippen LogP contribution < -0.4 is 4.90 Å². The Morgan fingerprint density at radius 1 is 1.29 bits per heavy atom. The van der Waals surface area contributed by atoms with E-state index in [4.69, 9.17) is 0 Å². The molecule has 1 aliphatic heterocycles. The van der Waals surface area contributed by atoms with Crippen LogP contribution in [0.5, 0.6) is 0 Å². The monoisotopic (exact) mass is 349 g/mol. The molecule has 1 aliphatic carbocycles. The van der Waals surface area contributed by atoms with E-state index < -0.39 is 5.54 Å². The number of carbonyl (C=O) groups excluding carboxylic acids is 1. The highest BCUT2D eigenvalue weighted by Gasteiger charge is 2.71. The third kappa shape index (κ3) is 1.66. The highest BCUT2D eigenvalue weighted by molar-refractivity contribution is 7.14. The summed E-state index contributed by atoms with van der Waals surface area (Å²) < 4.78 is 0. The summed E-state index contributed by atoms with van der Waals surface area (Å²) in [6.07, 6.45) is 2.41. The largest absolute Gasteiger partial charge is 0.272 e. The molecular weight excluding hydrogens is 338 g/mol. The summed E-state index contributed by atoms with van der Waals surface area (Å²) in [5.74, 6) is 0.0998. The average Bonchev–Trinajstić information content (AvgIpc) is 3.15. The van der Waals surface area contributed by atoms with Crippen LogP contribution in [0, 0.1) is 11.3 Å². The smallest absolute Gasteiger partial charge is 0.257 e. The first-order valence-corrected chi connectivity index (χ1v) is 9.32. The number of nitrogens with zero attached hydrogens (tertiary/aromatic N) is 3. The van der Waals surface area contributed by atoms with Crippen molar-refractivity contribution >= 4 is 33.7 Å². The van der Waals surface area contributed by atoms with Gasteiger partial charge in [0.15, 0.2) is 5.13 Å². The van der Waals surface area contributed by atoms with Crippen molar-refractivity contribution in [3.8, 4) is 6.07 Å². The van der Waals surface area contributed by atoms with Crippen molar-refractivity contribution in [2.45, 2.75) is 17.9 Å². The van der Waals surface area contributed by atoms with Crippen molar-refractivity contribution in [3.05, 3.63) is 68.9 Å². The van der Waals surface area contributed by atoms with E-state index in [2.05, 4.69) is 17.1 Å². The number of hydrogen-bond acceptors (Lipinski definition) is 5. The summed E-state index contributed by atoms with van der Waals surface area (Å²) in [6.45, 7) is 0. The van der Waals surface area contributed by atoms with Crippen LogP contribution in [-0.4, -0.2) is 16.4 Å². The highest BCUT2D eigenvalue weighted by Crippen LogP contribution is 2.59. The third-order valence-electron chi connectivity index (χ3n) is 4.88. The predicted molar refractivity (Wildman–Crippen MR) is 93.4 cm³/mol. The number of aromatic nitrogens is 1. The molecule has 3 aromatic rings. The van der Waals surface area contributed by atoms with Crippen LogP contribution in [0.3, 0.4) is 0 Å². The summed E-state index contributed by atoms with van der Waals surface area (Å²) in [7, 11) is 0. The Morgan fingerprint density at radius 2 is 2.21 bits per heavy atom. The molecule has 116 valence electrons. The maximum absolute atomic E-state index is 12.9. The molecule has 5 rings (SSSR count). The zero-order chi connectivity index (χ0) is 16.3. The van der Waals surface area contributed by atoms with Crippen LogP contribution in [0.4, 0.5) is 5.13 Å². The van der Waals surface area contributed by atoms with Gasteiger partial charge in [0.2, 0.25) is 0 Å². The van der Waals surface area contributed by atoms with Crippen molar-refractivity contribution in [1.82, 2.24) is 4.98 Å². The van der Waals surface area contributed by atoms with Gasteiger partial charge < -0.3 is 0 Å². The quantitative estimate of drug-likeness (QED) is 0.665. The van der Waals surface area contributed by atoms with Crippen LogP contribution >= 0.6 is 22.7 Å². The van der Waals surface area contributed by atoms with Crippen molar-refractivity contribution in [3.63, 3.8) is 0 Å². The highest BCUT2D eigenvalue weighted by atomic mass is 32.1. The Hall–Kier alpha value is -2.49. The molecule has 2 aromatic heterocycles. The number of thiazole rings is 1. The molecular formula is C18H11N3OS2. The minimum atomic E-state index is -0.570. The summed E-state index contributed by atoms with van der Waals surface area (Å²) in [5, 5.41) is 13.9. The van der Waals surface area contributed by atoms with E-state index >= 15 is 0 Å². The second-order valence-corrected chi connectivity index (χ2v) is 7.88. The number of hydrogen-bond donors (Lipinski definition) is 0. The first-order valence-electron chi connectivity index (χ1n) is 7.56. The molecule has 1 aromatic carbocycles. The molecule has 1 amide bonds. The summed E-state index contributed by atoms with van der Waals surface area (Å²) in [4.78, 5) is 20.2. The molecule has 0 unspecified atom stereocenters. The van der Waals surface area contributed by atoms with Crippen molar-refractivity contribution in [1.29, 1.82) is 5.26 Å². The van der Waals surface area contributed by atoms with Gasteiger partial charge in [-0.1, -0.05) is 12.1 Å². The molecule has 24 heavy (non-hydrogen) atoms. The molecule has 1 spiro atoms. The van der Waals surface area contributed by atoms with Gasteiger partial charge in [0.25, 0.3) is 5.91 Å². The number of rotatable bonds is 2. The number of fused-ring (bicyclic) bond motifs is 1. The Balaban J connectivity index is 1.70. The van der Waals surface area contributed by atoms with Crippen LogP contribution in [-0.2, 0) is 11.2 Å². The second-order valence-electron chi connectivity index (χ2n) is 6.03. The molecule has 0 radical (unpaired) electrons. The van der Waals surface area contributed by atoms with Gasteiger partial charge in [-0.2, -0.15) is 5.26 Å². The zero-order valence-corrected chi connectivity index (χ0v) is 14.1. The van der Waals surface area contributed by atoms with E-state index in [1.807, 2.05) is 39.9 Å². The second kappa shape index (κ2) is 4.76. The molecule has 1 fully saturated rings. The molecule has 0 bridgehead atoms. The van der Waals surface area contributed by atoms with Crippen LogP contribution in [0.2, 0.25) is 0 Å². The maximum atomic E-state index is 12.9. The molecule has 2 aliphatic rings. The van der Waals surface area contributed by atoms with E-state index in [0.29, 0.717) is 12.0 Å². The fraction of sp³-hybridized carbons (Fsp3) is 0.167. The van der Waals surface area contributed by atoms with Crippen molar-refractivity contribution in [2.75, 3.05) is 4.90 Å².